The van der Waals surface area contributed by atoms with Crippen LogP contribution < -0.4 is 5.32 Å². The normalized spacial score (nSPS) is 23.7. The third-order valence-electron chi connectivity index (χ3n) is 3.58. The molecule has 2 rings (SSSR count). The van der Waals surface area contributed by atoms with E-state index in [1.807, 2.05) is 11.3 Å². The molecule has 0 radical (unpaired) electrons. The summed E-state index contributed by atoms with van der Waals surface area (Å²) >= 11 is 9.03. The summed E-state index contributed by atoms with van der Waals surface area (Å²) in [5.74, 6) is 0.784. The number of hydrogen-bond acceptors (Lipinski definition) is 2. The zero-order valence-electron chi connectivity index (χ0n) is 10.5. The van der Waals surface area contributed by atoms with Crippen LogP contribution >= 0.6 is 43.2 Å². The molecule has 17 heavy (non-hydrogen) atoms. The maximum atomic E-state index is 3.71. The van der Waals surface area contributed by atoms with Gasteiger partial charge in [-0.25, -0.2) is 0 Å². The zero-order chi connectivity index (χ0) is 12.6. The van der Waals surface area contributed by atoms with Gasteiger partial charge in [-0.15, -0.1) is 11.3 Å². The summed E-state index contributed by atoms with van der Waals surface area (Å²) in [7, 11) is 0. The molecule has 0 aromatic carbocycles. The SMILES string of the molecule is CCCNC(c1cc(Br)c(Br)s1)C1CC1(C)C. The van der Waals surface area contributed by atoms with E-state index in [4.69, 9.17) is 0 Å². The summed E-state index contributed by atoms with van der Waals surface area (Å²) in [6.07, 6.45) is 2.53. The average Bonchev–Trinajstić information content (AvgIpc) is 2.73. The Bertz CT molecular complexity index is 381. The first-order valence-electron chi connectivity index (χ1n) is 6.14. The van der Waals surface area contributed by atoms with Gasteiger partial charge in [-0.2, -0.15) is 0 Å². The lowest BCUT2D eigenvalue weighted by molar-refractivity contribution is 0.421. The fraction of sp³-hybridized carbons (Fsp3) is 0.692. The molecule has 2 atom stereocenters. The van der Waals surface area contributed by atoms with Gasteiger partial charge in [0.1, 0.15) is 0 Å². The van der Waals surface area contributed by atoms with Crippen molar-refractivity contribution >= 4 is 43.2 Å². The quantitative estimate of drug-likeness (QED) is 0.724. The van der Waals surface area contributed by atoms with Gasteiger partial charge in [0, 0.05) is 15.4 Å². The average molecular weight is 381 g/mol. The van der Waals surface area contributed by atoms with Crippen molar-refractivity contribution in [2.45, 2.75) is 39.7 Å². The highest BCUT2D eigenvalue weighted by Crippen LogP contribution is 2.58. The summed E-state index contributed by atoms with van der Waals surface area (Å²) in [6.45, 7) is 8.07. The second-order valence-electron chi connectivity index (χ2n) is 5.50. The number of halogens is 2. The third kappa shape index (κ3) is 3.14. The van der Waals surface area contributed by atoms with E-state index in [2.05, 4.69) is 64.0 Å². The Morgan fingerprint density at radius 2 is 2.18 bits per heavy atom. The lowest BCUT2D eigenvalue weighted by Crippen LogP contribution is -2.24. The van der Waals surface area contributed by atoms with Crippen molar-refractivity contribution in [3.63, 3.8) is 0 Å². The molecule has 0 saturated heterocycles. The van der Waals surface area contributed by atoms with Crippen LogP contribution in [0.4, 0.5) is 0 Å². The van der Waals surface area contributed by atoms with Crippen LogP contribution in [0.3, 0.4) is 0 Å². The van der Waals surface area contributed by atoms with Gasteiger partial charge in [-0.3, -0.25) is 0 Å². The first-order chi connectivity index (χ1) is 7.95. The molecule has 96 valence electrons. The van der Waals surface area contributed by atoms with Gasteiger partial charge >= 0.3 is 0 Å². The summed E-state index contributed by atoms with van der Waals surface area (Å²) in [5, 5.41) is 3.71. The van der Waals surface area contributed by atoms with Gasteiger partial charge in [-0.05, 0) is 68.6 Å². The van der Waals surface area contributed by atoms with Crippen molar-refractivity contribution in [3.05, 3.63) is 19.2 Å². The lowest BCUT2D eigenvalue weighted by Gasteiger charge is -2.18. The van der Waals surface area contributed by atoms with Crippen molar-refractivity contribution in [1.29, 1.82) is 0 Å². The zero-order valence-corrected chi connectivity index (χ0v) is 14.5. The van der Waals surface area contributed by atoms with E-state index >= 15 is 0 Å². The molecule has 1 aromatic heterocycles. The van der Waals surface area contributed by atoms with Gasteiger partial charge in [-0.1, -0.05) is 20.8 Å². The first-order valence-corrected chi connectivity index (χ1v) is 8.54. The Balaban J connectivity index is 2.15. The Hall–Kier alpha value is 0.620. The molecule has 1 aromatic rings. The molecule has 0 amide bonds. The van der Waals surface area contributed by atoms with E-state index in [0.717, 1.165) is 12.5 Å². The Morgan fingerprint density at radius 3 is 2.59 bits per heavy atom. The van der Waals surface area contributed by atoms with Gasteiger partial charge in [0.15, 0.2) is 0 Å². The molecular weight excluding hydrogens is 362 g/mol. The second-order valence-corrected chi connectivity index (χ2v) is 8.76. The van der Waals surface area contributed by atoms with Crippen LogP contribution in [0.1, 0.15) is 44.5 Å². The second kappa shape index (κ2) is 5.32. The maximum Gasteiger partial charge on any atom is 0.0843 e. The lowest BCUT2D eigenvalue weighted by atomic mass is 10.0. The minimum absolute atomic E-state index is 0.508. The highest BCUT2D eigenvalue weighted by molar-refractivity contribution is 9.13. The van der Waals surface area contributed by atoms with Crippen LogP contribution in [-0.2, 0) is 0 Å². The number of hydrogen-bond donors (Lipinski definition) is 1. The molecule has 1 heterocycles. The molecule has 1 saturated carbocycles. The van der Waals surface area contributed by atoms with E-state index in [9.17, 15) is 0 Å². The van der Waals surface area contributed by atoms with E-state index in [1.54, 1.807) is 0 Å². The van der Waals surface area contributed by atoms with E-state index in [-0.39, 0.29) is 0 Å². The smallest absolute Gasteiger partial charge is 0.0843 e. The predicted molar refractivity (Wildman–Crippen MR) is 82.6 cm³/mol. The number of rotatable bonds is 5. The molecular formula is C13H19Br2NS. The van der Waals surface area contributed by atoms with Crippen LogP contribution in [0.5, 0.6) is 0 Å². The number of nitrogens with one attached hydrogen (secondary N) is 1. The van der Waals surface area contributed by atoms with E-state index in [1.165, 1.54) is 26.0 Å². The van der Waals surface area contributed by atoms with Crippen LogP contribution in [0.25, 0.3) is 0 Å². The topological polar surface area (TPSA) is 12.0 Å². The highest BCUT2D eigenvalue weighted by atomic mass is 79.9. The maximum absolute atomic E-state index is 3.71. The van der Waals surface area contributed by atoms with Gasteiger partial charge < -0.3 is 5.32 Å². The largest absolute Gasteiger partial charge is 0.309 e. The first kappa shape index (κ1) is 14.0. The van der Waals surface area contributed by atoms with Crippen LogP contribution in [0, 0.1) is 11.3 Å². The third-order valence-corrected chi connectivity index (χ3v) is 6.92. The molecule has 0 bridgehead atoms. The minimum Gasteiger partial charge on any atom is -0.309 e. The monoisotopic (exact) mass is 379 g/mol. The Morgan fingerprint density at radius 1 is 1.53 bits per heavy atom. The fourth-order valence-corrected chi connectivity index (χ4v) is 4.57. The molecule has 0 spiro atoms. The molecule has 1 N–H and O–H groups in total. The van der Waals surface area contributed by atoms with Crippen molar-refractivity contribution in [2.24, 2.45) is 11.3 Å². The van der Waals surface area contributed by atoms with Crippen LogP contribution in [-0.4, -0.2) is 6.54 Å². The van der Waals surface area contributed by atoms with Crippen molar-refractivity contribution in [1.82, 2.24) is 5.32 Å². The minimum atomic E-state index is 0.508. The summed E-state index contributed by atoms with van der Waals surface area (Å²) in [4.78, 5) is 1.45. The van der Waals surface area contributed by atoms with Gasteiger partial charge in [0.25, 0.3) is 0 Å². The van der Waals surface area contributed by atoms with Crippen LogP contribution in [0.15, 0.2) is 14.3 Å². The Kier molecular flexibility index (Phi) is 4.39. The van der Waals surface area contributed by atoms with E-state index < -0.39 is 0 Å². The van der Waals surface area contributed by atoms with Gasteiger partial charge in [0.2, 0.25) is 0 Å². The molecule has 1 aliphatic rings. The highest BCUT2D eigenvalue weighted by Gasteiger charge is 2.50. The van der Waals surface area contributed by atoms with E-state index in [0.29, 0.717) is 11.5 Å². The van der Waals surface area contributed by atoms with Crippen LogP contribution in [0.2, 0.25) is 0 Å². The Labute approximate surface area is 125 Å². The van der Waals surface area contributed by atoms with Crippen molar-refractivity contribution in [2.75, 3.05) is 6.54 Å². The number of thiophene rings is 1. The van der Waals surface area contributed by atoms with Crippen molar-refractivity contribution in [3.8, 4) is 0 Å². The summed E-state index contributed by atoms with van der Waals surface area (Å²) in [6, 6.07) is 2.79. The van der Waals surface area contributed by atoms with Gasteiger partial charge in [0.05, 0.1) is 3.79 Å². The summed E-state index contributed by atoms with van der Waals surface area (Å²) in [5.41, 5.74) is 0.508. The fourth-order valence-electron chi connectivity index (χ4n) is 2.33. The van der Waals surface area contributed by atoms with Crippen molar-refractivity contribution < 1.29 is 0 Å². The molecule has 1 fully saturated rings. The molecule has 1 nitrogen and oxygen atoms in total. The standard InChI is InChI=1S/C13H19Br2NS/c1-4-5-16-11(8-7-13(8,2)3)10-6-9(14)12(15)17-10/h6,8,11,16H,4-5,7H2,1-3H3. The molecule has 1 aliphatic carbocycles. The summed E-state index contributed by atoms with van der Waals surface area (Å²) < 4.78 is 2.38. The molecule has 0 aliphatic heterocycles. The molecule has 4 heteroatoms. The molecule has 2 unspecified atom stereocenters. The predicted octanol–water partition coefficient (Wildman–Crippen LogP) is 5.36.